The van der Waals surface area contributed by atoms with Crippen LogP contribution < -0.4 is 20.1 Å². The Morgan fingerprint density at radius 3 is 2.50 bits per heavy atom. The van der Waals surface area contributed by atoms with Gasteiger partial charge in [-0.2, -0.15) is 5.26 Å². The summed E-state index contributed by atoms with van der Waals surface area (Å²) in [4.78, 5) is 20.7. The van der Waals surface area contributed by atoms with Gasteiger partial charge in [0.1, 0.15) is 17.6 Å². The topological polar surface area (TPSA) is 109 Å². The van der Waals surface area contributed by atoms with Crippen molar-refractivity contribution in [1.82, 2.24) is 9.97 Å². The van der Waals surface area contributed by atoms with E-state index < -0.39 is 5.91 Å². The van der Waals surface area contributed by atoms with Crippen molar-refractivity contribution in [2.75, 3.05) is 24.9 Å². The second-order valence-corrected chi connectivity index (χ2v) is 5.59. The van der Waals surface area contributed by atoms with Crippen LogP contribution in [0.15, 0.2) is 54.9 Å². The zero-order valence-corrected chi connectivity index (χ0v) is 15.3. The van der Waals surface area contributed by atoms with Crippen molar-refractivity contribution < 1.29 is 14.3 Å². The summed E-state index contributed by atoms with van der Waals surface area (Å²) in [6.07, 6.45) is 2.80. The van der Waals surface area contributed by atoms with E-state index in [-0.39, 0.29) is 5.69 Å². The van der Waals surface area contributed by atoms with Gasteiger partial charge in [0.25, 0.3) is 5.91 Å². The average molecular weight is 375 g/mol. The number of nitrogens with zero attached hydrogens (tertiary/aromatic N) is 3. The number of carbonyl (C=O) groups excluding carboxylic acids is 1. The Hall–Kier alpha value is -4.12. The molecule has 8 heteroatoms. The molecule has 2 aromatic carbocycles. The Balaban J connectivity index is 1.71. The van der Waals surface area contributed by atoms with Crippen molar-refractivity contribution in [1.29, 1.82) is 5.26 Å². The third-order valence-corrected chi connectivity index (χ3v) is 3.84. The molecule has 0 aliphatic heterocycles. The number of ether oxygens (including phenoxy) is 2. The molecule has 0 saturated heterocycles. The lowest BCUT2D eigenvalue weighted by atomic mass is 10.2. The highest BCUT2D eigenvalue weighted by Gasteiger charge is 2.11. The van der Waals surface area contributed by atoms with Gasteiger partial charge in [-0.15, -0.1) is 0 Å². The normalized spacial score (nSPS) is 9.89. The fourth-order valence-electron chi connectivity index (χ4n) is 2.45. The fourth-order valence-corrected chi connectivity index (χ4v) is 2.45. The van der Waals surface area contributed by atoms with Crippen LogP contribution in [-0.4, -0.2) is 30.1 Å². The molecule has 1 amide bonds. The third-order valence-electron chi connectivity index (χ3n) is 3.84. The number of anilines is 3. The van der Waals surface area contributed by atoms with Crippen molar-refractivity contribution in [2.24, 2.45) is 0 Å². The van der Waals surface area contributed by atoms with Gasteiger partial charge < -0.3 is 20.1 Å². The van der Waals surface area contributed by atoms with Crippen LogP contribution in [0.4, 0.5) is 17.2 Å². The molecular formula is C20H17N5O3. The molecule has 1 heterocycles. The molecule has 0 fully saturated rings. The minimum atomic E-state index is -0.451. The van der Waals surface area contributed by atoms with Crippen LogP contribution in [0.1, 0.15) is 16.1 Å². The Bertz CT molecular complexity index is 1030. The number of hydrogen-bond donors (Lipinski definition) is 2. The molecule has 8 nitrogen and oxygen atoms in total. The molecule has 0 unspecified atom stereocenters. The standard InChI is InChI=1S/C20H17N5O3/c1-27-17-8-7-14(9-18(17)28-2)24-19-12-22-16(11-23-19)20(26)25-15-6-4-3-5-13(15)10-21/h3-9,11-12H,1-2H3,(H,23,24)(H,25,26). The zero-order valence-electron chi connectivity index (χ0n) is 15.3. The van der Waals surface area contributed by atoms with Gasteiger partial charge in [0.05, 0.1) is 37.9 Å². The van der Waals surface area contributed by atoms with Gasteiger partial charge in [-0.05, 0) is 24.3 Å². The maximum atomic E-state index is 12.3. The number of aromatic nitrogens is 2. The molecule has 0 bridgehead atoms. The summed E-state index contributed by atoms with van der Waals surface area (Å²) in [6.45, 7) is 0. The van der Waals surface area contributed by atoms with E-state index in [4.69, 9.17) is 14.7 Å². The molecular weight excluding hydrogens is 358 g/mol. The van der Waals surface area contributed by atoms with Gasteiger partial charge in [-0.3, -0.25) is 4.79 Å². The Kier molecular flexibility index (Phi) is 5.67. The van der Waals surface area contributed by atoms with E-state index in [2.05, 4.69) is 20.6 Å². The van der Waals surface area contributed by atoms with Crippen LogP contribution in [0.5, 0.6) is 11.5 Å². The van der Waals surface area contributed by atoms with E-state index in [1.165, 1.54) is 12.4 Å². The van der Waals surface area contributed by atoms with E-state index in [0.717, 1.165) is 5.69 Å². The first kappa shape index (κ1) is 18.7. The van der Waals surface area contributed by atoms with Crippen LogP contribution in [0, 0.1) is 11.3 Å². The predicted molar refractivity (Wildman–Crippen MR) is 104 cm³/mol. The lowest BCUT2D eigenvalue weighted by Crippen LogP contribution is -2.15. The summed E-state index contributed by atoms with van der Waals surface area (Å²) in [7, 11) is 3.12. The third kappa shape index (κ3) is 4.16. The Morgan fingerprint density at radius 2 is 1.82 bits per heavy atom. The van der Waals surface area contributed by atoms with Gasteiger partial charge in [-0.1, -0.05) is 12.1 Å². The molecule has 0 aliphatic carbocycles. The van der Waals surface area contributed by atoms with Gasteiger partial charge in [0.2, 0.25) is 0 Å². The average Bonchev–Trinajstić information content (AvgIpc) is 2.74. The van der Waals surface area contributed by atoms with E-state index in [1.807, 2.05) is 12.1 Å². The first-order valence-corrected chi connectivity index (χ1v) is 8.26. The molecule has 0 aliphatic rings. The van der Waals surface area contributed by atoms with Crippen LogP contribution in [0.2, 0.25) is 0 Å². The highest BCUT2D eigenvalue weighted by Crippen LogP contribution is 2.30. The lowest BCUT2D eigenvalue weighted by Gasteiger charge is -2.11. The smallest absolute Gasteiger partial charge is 0.275 e. The molecule has 0 saturated carbocycles. The molecule has 0 spiro atoms. The summed E-state index contributed by atoms with van der Waals surface area (Å²) in [6, 6.07) is 14.1. The molecule has 28 heavy (non-hydrogen) atoms. The first-order chi connectivity index (χ1) is 13.6. The Morgan fingerprint density at radius 1 is 1.04 bits per heavy atom. The number of amides is 1. The predicted octanol–water partition coefficient (Wildman–Crippen LogP) is 3.36. The second-order valence-electron chi connectivity index (χ2n) is 5.59. The quantitative estimate of drug-likeness (QED) is 0.680. The molecule has 140 valence electrons. The van der Waals surface area contributed by atoms with Crippen LogP contribution in [0.25, 0.3) is 0 Å². The van der Waals surface area contributed by atoms with Crippen molar-refractivity contribution in [3.05, 3.63) is 66.1 Å². The van der Waals surface area contributed by atoms with Crippen LogP contribution in [-0.2, 0) is 0 Å². The second kappa shape index (κ2) is 8.51. The molecule has 3 aromatic rings. The largest absolute Gasteiger partial charge is 0.493 e. The van der Waals surface area contributed by atoms with E-state index >= 15 is 0 Å². The van der Waals surface area contributed by atoms with Gasteiger partial charge >= 0.3 is 0 Å². The SMILES string of the molecule is COc1ccc(Nc2cnc(C(=O)Nc3ccccc3C#N)cn2)cc1OC. The minimum absolute atomic E-state index is 0.130. The fraction of sp³-hybridized carbons (Fsp3) is 0.100. The zero-order chi connectivity index (χ0) is 19.9. The number of para-hydroxylation sites is 1. The first-order valence-electron chi connectivity index (χ1n) is 8.26. The monoisotopic (exact) mass is 375 g/mol. The summed E-state index contributed by atoms with van der Waals surface area (Å²) in [5, 5.41) is 14.8. The van der Waals surface area contributed by atoms with E-state index in [9.17, 15) is 4.79 Å². The maximum absolute atomic E-state index is 12.3. The number of carbonyl (C=O) groups is 1. The Labute approximate surface area is 161 Å². The highest BCUT2D eigenvalue weighted by molar-refractivity contribution is 6.03. The van der Waals surface area contributed by atoms with E-state index in [1.54, 1.807) is 50.6 Å². The van der Waals surface area contributed by atoms with Crippen LogP contribution >= 0.6 is 0 Å². The molecule has 2 N–H and O–H groups in total. The number of benzene rings is 2. The van der Waals surface area contributed by atoms with Gasteiger partial charge in [-0.25, -0.2) is 9.97 Å². The molecule has 0 atom stereocenters. The summed E-state index contributed by atoms with van der Waals surface area (Å²) < 4.78 is 10.5. The molecule has 0 radical (unpaired) electrons. The molecule has 1 aromatic heterocycles. The number of rotatable bonds is 6. The number of methoxy groups -OCH3 is 2. The summed E-state index contributed by atoms with van der Waals surface area (Å²) >= 11 is 0. The van der Waals surface area contributed by atoms with Crippen molar-refractivity contribution in [3.63, 3.8) is 0 Å². The number of hydrogen-bond acceptors (Lipinski definition) is 7. The summed E-state index contributed by atoms with van der Waals surface area (Å²) in [5.41, 5.74) is 1.65. The number of nitrogens with one attached hydrogen (secondary N) is 2. The molecule has 3 rings (SSSR count). The van der Waals surface area contributed by atoms with Crippen LogP contribution in [0.3, 0.4) is 0 Å². The van der Waals surface area contributed by atoms with Gasteiger partial charge in [0.15, 0.2) is 11.5 Å². The minimum Gasteiger partial charge on any atom is -0.493 e. The van der Waals surface area contributed by atoms with E-state index in [0.29, 0.717) is 28.6 Å². The van der Waals surface area contributed by atoms with Crippen molar-refractivity contribution >= 4 is 23.1 Å². The lowest BCUT2D eigenvalue weighted by molar-refractivity contribution is 0.102. The van der Waals surface area contributed by atoms with Gasteiger partial charge in [0, 0.05) is 11.8 Å². The summed E-state index contributed by atoms with van der Waals surface area (Å²) in [5.74, 6) is 1.20. The highest BCUT2D eigenvalue weighted by atomic mass is 16.5. The van der Waals surface area contributed by atoms with Crippen molar-refractivity contribution in [2.45, 2.75) is 0 Å². The maximum Gasteiger partial charge on any atom is 0.275 e. The number of nitriles is 1. The van der Waals surface area contributed by atoms with Crippen molar-refractivity contribution in [3.8, 4) is 17.6 Å².